The van der Waals surface area contributed by atoms with Crippen LogP contribution >= 0.6 is 0 Å². The van der Waals surface area contributed by atoms with E-state index < -0.39 is 7.12 Å². The Morgan fingerprint density at radius 2 is 1.67 bits per heavy atom. The fourth-order valence-electron chi connectivity index (χ4n) is 4.10. The molecule has 0 aromatic rings. The first-order chi connectivity index (χ1) is 10.2. The summed E-state index contributed by atoms with van der Waals surface area (Å²) in [6.45, 7) is 2.47. The highest BCUT2D eigenvalue weighted by Gasteiger charge is 2.28. The molecule has 1 saturated heterocycles. The van der Waals surface area contributed by atoms with Crippen LogP contribution in [0.2, 0.25) is 6.32 Å². The fourth-order valence-corrected chi connectivity index (χ4v) is 4.10. The minimum absolute atomic E-state index is 0.300. The highest BCUT2D eigenvalue weighted by Crippen LogP contribution is 2.28. The van der Waals surface area contributed by atoms with Gasteiger partial charge < -0.3 is 20.7 Å². The van der Waals surface area contributed by atoms with Gasteiger partial charge in [-0.3, -0.25) is 0 Å². The zero-order chi connectivity index (χ0) is 15.1. The first-order valence-corrected chi connectivity index (χ1v) is 9.02. The molecule has 4 N–H and O–H groups in total. The summed E-state index contributed by atoms with van der Waals surface area (Å²) in [5.41, 5.74) is 6.35. The van der Waals surface area contributed by atoms with Gasteiger partial charge in [-0.1, -0.05) is 32.1 Å². The number of rotatable bonds is 7. The third-order valence-electron chi connectivity index (χ3n) is 5.52. The van der Waals surface area contributed by atoms with E-state index in [1.54, 1.807) is 0 Å². The highest BCUT2D eigenvalue weighted by molar-refractivity contribution is 6.40. The van der Waals surface area contributed by atoms with E-state index in [0.29, 0.717) is 18.3 Å². The molecule has 2 aliphatic rings. The van der Waals surface area contributed by atoms with Gasteiger partial charge in [-0.2, -0.15) is 0 Å². The Bertz CT molecular complexity index is 277. The Kier molecular flexibility index (Phi) is 7.51. The lowest BCUT2D eigenvalue weighted by atomic mass is 9.81. The molecule has 0 aromatic carbocycles. The van der Waals surface area contributed by atoms with E-state index in [4.69, 9.17) is 15.8 Å². The van der Waals surface area contributed by atoms with Gasteiger partial charge in [0.2, 0.25) is 0 Å². The number of unbranched alkanes of at least 4 members (excludes halogenated alkanes) is 1. The van der Waals surface area contributed by atoms with E-state index in [9.17, 15) is 0 Å². The van der Waals surface area contributed by atoms with Crippen LogP contribution in [-0.2, 0) is 0 Å². The maximum Gasteiger partial charge on any atom is 0.451 e. The van der Waals surface area contributed by atoms with Crippen molar-refractivity contribution >= 4 is 7.12 Å². The van der Waals surface area contributed by atoms with Crippen LogP contribution in [0.15, 0.2) is 0 Å². The van der Waals surface area contributed by atoms with Crippen LogP contribution in [0.25, 0.3) is 0 Å². The lowest BCUT2D eigenvalue weighted by molar-refractivity contribution is 0.0979. The molecule has 1 heterocycles. The number of likely N-dealkylation sites (tertiary alicyclic amines) is 1. The Morgan fingerprint density at radius 3 is 2.29 bits per heavy atom. The molecule has 1 aliphatic carbocycles. The minimum Gasteiger partial charge on any atom is -0.427 e. The lowest BCUT2D eigenvalue weighted by Crippen LogP contribution is -2.45. The summed E-state index contributed by atoms with van der Waals surface area (Å²) in [5, 5.41) is 17.7. The van der Waals surface area contributed by atoms with Crippen molar-refractivity contribution in [1.29, 1.82) is 0 Å². The smallest absolute Gasteiger partial charge is 0.427 e. The van der Waals surface area contributed by atoms with Gasteiger partial charge in [-0.05, 0) is 57.4 Å². The summed E-state index contributed by atoms with van der Waals surface area (Å²) in [5.74, 6) is 0.670. The first kappa shape index (κ1) is 17.3. The molecule has 0 bridgehead atoms. The minimum atomic E-state index is -1.15. The molecule has 1 saturated carbocycles. The van der Waals surface area contributed by atoms with E-state index in [1.165, 1.54) is 58.0 Å². The van der Waals surface area contributed by atoms with Crippen molar-refractivity contribution < 1.29 is 10.0 Å². The zero-order valence-corrected chi connectivity index (χ0v) is 13.4. The van der Waals surface area contributed by atoms with Crippen molar-refractivity contribution in [3.63, 3.8) is 0 Å². The number of hydrogen-bond donors (Lipinski definition) is 3. The molecule has 0 spiro atoms. The van der Waals surface area contributed by atoms with Gasteiger partial charge in [0.05, 0.1) is 0 Å². The van der Waals surface area contributed by atoms with Gasteiger partial charge in [0.15, 0.2) is 0 Å². The van der Waals surface area contributed by atoms with E-state index in [1.807, 2.05) is 0 Å². The molecular formula is C16H33BN2O2. The molecule has 2 rings (SSSR count). The average molecular weight is 296 g/mol. The van der Waals surface area contributed by atoms with Crippen molar-refractivity contribution in [3.05, 3.63) is 0 Å². The lowest BCUT2D eigenvalue weighted by Gasteiger charge is -2.40. The standard InChI is InChI=1S/C16H33BN2O2/c18-16(8-4-5-11-17(20)21)14-9-12-19(13-10-14)15-6-2-1-3-7-15/h14-16,20-21H,1-13,18H2. The molecule has 4 nitrogen and oxygen atoms in total. The van der Waals surface area contributed by atoms with Gasteiger partial charge in [0, 0.05) is 12.1 Å². The van der Waals surface area contributed by atoms with E-state index >= 15 is 0 Å². The molecule has 122 valence electrons. The van der Waals surface area contributed by atoms with E-state index in [2.05, 4.69) is 4.90 Å². The summed E-state index contributed by atoms with van der Waals surface area (Å²) >= 11 is 0. The number of nitrogens with zero attached hydrogens (tertiary/aromatic N) is 1. The van der Waals surface area contributed by atoms with Crippen molar-refractivity contribution in [2.75, 3.05) is 13.1 Å². The quantitative estimate of drug-likeness (QED) is 0.496. The Labute approximate surface area is 130 Å². The number of nitrogens with two attached hydrogens (primary N) is 1. The van der Waals surface area contributed by atoms with Crippen molar-refractivity contribution in [3.8, 4) is 0 Å². The molecule has 5 heteroatoms. The third-order valence-corrected chi connectivity index (χ3v) is 5.52. The first-order valence-electron chi connectivity index (χ1n) is 9.02. The topological polar surface area (TPSA) is 69.7 Å². The molecule has 2 fully saturated rings. The summed E-state index contributed by atoms with van der Waals surface area (Å²) in [7, 11) is -1.15. The van der Waals surface area contributed by atoms with E-state index in [-0.39, 0.29) is 0 Å². The van der Waals surface area contributed by atoms with Crippen molar-refractivity contribution in [1.82, 2.24) is 4.90 Å². The van der Waals surface area contributed by atoms with Gasteiger partial charge in [0.1, 0.15) is 0 Å². The molecule has 0 aromatic heterocycles. The second-order valence-electron chi connectivity index (χ2n) is 7.09. The SMILES string of the molecule is NC(CCCCB(O)O)C1CCN(C2CCCCC2)CC1. The largest absolute Gasteiger partial charge is 0.451 e. The summed E-state index contributed by atoms with van der Waals surface area (Å²) < 4.78 is 0. The molecule has 1 unspecified atom stereocenters. The Morgan fingerprint density at radius 1 is 1.00 bits per heavy atom. The molecular weight excluding hydrogens is 263 g/mol. The maximum absolute atomic E-state index is 8.84. The van der Waals surface area contributed by atoms with E-state index in [0.717, 1.165) is 25.3 Å². The Balaban J connectivity index is 1.61. The van der Waals surface area contributed by atoms with Crippen LogP contribution in [0.4, 0.5) is 0 Å². The van der Waals surface area contributed by atoms with Crippen LogP contribution in [0, 0.1) is 5.92 Å². The number of hydrogen-bond acceptors (Lipinski definition) is 4. The summed E-state index contributed by atoms with van der Waals surface area (Å²) in [6.07, 6.45) is 13.0. The normalized spacial score (nSPS) is 24.1. The van der Waals surface area contributed by atoms with Crippen LogP contribution in [-0.4, -0.2) is 47.2 Å². The van der Waals surface area contributed by atoms with Crippen LogP contribution in [0.5, 0.6) is 0 Å². The second-order valence-corrected chi connectivity index (χ2v) is 7.09. The monoisotopic (exact) mass is 296 g/mol. The molecule has 21 heavy (non-hydrogen) atoms. The molecule has 0 amide bonds. The summed E-state index contributed by atoms with van der Waals surface area (Å²) in [4.78, 5) is 2.71. The molecule has 1 atom stereocenters. The molecule has 1 aliphatic heterocycles. The maximum atomic E-state index is 8.84. The molecule has 0 radical (unpaired) electrons. The zero-order valence-electron chi connectivity index (χ0n) is 13.4. The summed E-state index contributed by atoms with van der Waals surface area (Å²) in [6, 6.07) is 1.15. The Hall–Kier alpha value is -0.0951. The fraction of sp³-hybridized carbons (Fsp3) is 1.00. The van der Waals surface area contributed by atoms with Crippen LogP contribution in [0.3, 0.4) is 0 Å². The van der Waals surface area contributed by atoms with Crippen LogP contribution < -0.4 is 5.73 Å². The predicted octanol–water partition coefficient (Wildman–Crippen LogP) is 2.00. The number of piperidine rings is 1. The van der Waals surface area contributed by atoms with Gasteiger partial charge in [-0.15, -0.1) is 0 Å². The van der Waals surface area contributed by atoms with Crippen LogP contribution in [0.1, 0.15) is 64.2 Å². The third kappa shape index (κ3) is 5.89. The van der Waals surface area contributed by atoms with Crippen molar-refractivity contribution in [2.24, 2.45) is 11.7 Å². The average Bonchev–Trinajstić information content (AvgIpc) is 2.52. The second kappa shape index (κ2) is 9.14. The highest BCUT2D eigenvalue weighted by atomic mass is 16.4. The van der Waals surface area contributed by atoms with Crippen molar-refractivity contribution in [2.45, 2.75) is 82.6 Å². The van der Waals surface area contributed by atoms with Gasteiger partial charge >= 0.3 is 7.12 Å². The predicted molar refractivity (Wildman–Crippen MR) is 88.0 cm³/mol. The van der Waals surface area contributed by atoms with Gasteiger partial charge in [0.25, 0.3) is 0 Å². The van der Waals surface area contributed by atoms with Gasteiger partial charge in [-0.25, -0.2) is 0 Å².